The normalized spacial score (nSPS) is 14.3. The number of unbranched alkanes of at least 4 members (excludes halogenated alkanes) is 4. The van der Waals surface area contributed by atoms with Crippen molar-refractivity contribution in [1.82, 2.24) is 0 Å². The van der Waals surface area contributed by atoms with E-state index >= 15 is 0 Å². The first-order chi connectivity index (χ1) is 11.2. The van der Waals surface area contributed by atoms with Gasteiger partial charge in [-0.05, 0) is 42.4 Å². The van der Waals surface area contributed by atoms with Crippen molar-refractivity contribution >= 4 is 8.03 Å². The van der Waals surface area contributed by atoms with Gasteiger partial charge in [-0.15, -0.1) is 0 Å². The summed E-state index contributed by atoms with van der Waals surface area (Å²) < 4.78 is 18.7. The van der Waals surface area contributed by atoms with Gasteiger partial charge in [0.05, 0.1) is 0 Å². The third kappa shape index (κ3) is 7.97. The molecule has 3 unspecified atom stereocenters. The molecule has 1 aromatic carbocycles. The van der Waals surface area contributed by atoms with Crippen molar-refractivity contribution in [2.75, 3.05) is 0 Å². The Morgan fingerprint density at radius 2 is 1.61 bits per heavy atom. The van der Waals surface area contributed by atoms with E-state index in [4.69, 9.17) is 4.52 Å². The minimum absolute atomic E-state index is 0.193. The van der Waals surface area contributed by atoms with E-state index < -0.39 is 8.03 Å². The van der Waals surface area contributed by atoms with Crippen LogP contribution in [0.1, 0.15) is 78.6 Å². The summed E-state index contributed by atoms with van der Waals surface area (Å²) >= 11 is 0. The summed E-state index contributed by atoms with van der Waals surface area (Å²) in [4.78, 5) is 0. The van der Waals surface area contributed by atoms with Crippen LogP contribution in [-0.2, 0) is 4.57 Å². The molecule has 0 aliphatic rings. The Morgan fingerprint density at radius 1 is 0.913 bits per heavy atom. The lowest BCUT2D eigenvalue weighted by atomic mass is 9.92. The summed E-state index contributed by atoms with van der Waals surface area (Å²) in [6, 6.07) is 9.62. The van der Waals surface area contributed by atoms with Crippen LogP contribution in [0.25, 0.3) is 0 Å². The first kappa shape index (κ1) is 20.2. The molecule has 0 spiro atoms. The quantitative estimate of drug-likeness (QED) is 0.277. The lowest BCUT2D eigenvalue weighted by molar-refractivity contribution is 0.379. The van der Waals surface area contributed by atoms with Crippen molar-refractivity contribution in [1.29, 1.82) is 0 Å². The average Bonchev–Trinajstić information content (AvgIpc) is 2.58. The lowest BCUT2D eigenvalue weighted by Gasteiger charge is -2.17. The molecule has 3 heteroatoms. The molecule has 0 fully saturated rings. The van der Waals surface area contributed by atoms with Gasteiger partial charge >= 0.3 is 8.03 Å². The third-order valence-corrected chi connectivity index (χ3v) is 6.17. The van der Waals surface area contributed by atoms with E-state index in [1.807, 2.05) is 30.3 Å². The Hall–Kier alpha value is -0.880. The molecule has 3 atom stereocenters. The highest BCUT2D eigenvalue weighted by molar-refractivity contribution is 7.40. The van der Waals surface area contributed by atoms with Crippen molar-refractivity contribution in [3.05, 3.63) is 30.3 Å². The Bertz CT molecular complexity index is 419. The molecule has 23 heavy (non-hydrogen) atoms. The predicted molar refractivity (Wildman–Crippen MR) is 101 cm³/mol. The van der Waals surface area contributed by atoms with Crippen LogP contribution in [0.3, 0.4) is 0 Å². The number of hydrogen-bond donors (Lipinski definition) is 0. The van der Waals surface area contributed by atoms with Crippen LogP contribution < -0.4 is 4.52 Å². The summed E-state index contributed by atoms with van der Waals surface area (Å²) in [5, 5.41) is 0. The van der Waals surface area contributed by atoms with E-state index in [0.717, 1.165) is 18.6 Å². The van der Waals surface area contributed by atoms with Crippen molar-refractivity contribution < 1.29 is 9.09 Å². The topological polar surface area (TPSA) is 26.3 Å². The second kappa shape index (κ2) is 12.5. The first-order valence-corrected chi connectivity index (χ1v) is 10.7. The third-order valence-electron chi connectivity index (χ3n) is 4.56. The van der Waals surface area contributed by atoms with Crippen LogP contribution in [0.4, 0.5) is 0 Å². The molecule has 0 aliphatic carbocycles. The molecule has 130 valence electrons. The minimum Gasteiger partial charge on any atom is -0.254 e. The van der Waals surface area contributed by atoms with Crippen molar-refractivity contribution in [3.8, 4) is 5.75 Å². The Balaban J connectivity index is 2.68. The zero-order chi connectivity index (χ0) is 16.9. The van der Waals surface area contributed by atoms with Crippen LogP contribution >= 0.6 is 8.03 Å². The highest BCUT2D eigenvalue weighted by Crippen LogP contribution is 2.41. The van der Waals surface area contributed by atoms with Crippen molar-refractivity contribution in [2.24, 2.45) is 5.92 Å². The minimum atomic E-state index is -1.65. The lowest BCUT2D eigenvalue weighted by Crippen LogP contribution is -2.18. The SMILES string of the molecule is CCCCCCC(C(CC)CCCC)[P+](=O)Oc1ccccc1. The Labute approximate surface area is 143 Å². The molecule has 1 rings (SSSR count). The van der Waals surface area contributed by atoms with Crippen LogP contribution in [0.15, 0.2) is 30.3 Å². The van der Waals surface area contributed by atoms with Gasteiger partial charge in [0, 0.05) is 5.92 Å². The second-order valence-corrected chi connectivity index (χ2v) is 7.83. The number of para-hydroxylation sites is 1. The number of benzene rings is 1. The van der Waals surface area contributed by atoms with Gasteiger partial charge in [0.25, 0.3) is 0 Å². The number of hydrogen-bond acceptors (Lipinski definition) is 2. The molecule has 0 N–H and O–H groups in total. The van der Waals surface area contributed by atoms with Crippen LogP contribution in [0.5, 0.6) is 5.75 Å². The molecule has 0 aliphatic heterocycles. The zero-order valence-corrected chi connectivity index (χ0v) is 16.1. The van der Waals surface area contributed by atoms with Crippen molar-refractivity contribution in [3.63, 3.8) is 0 Å². The average molecular weight is 337 g/mol. The fraction of sp³-hybridized carbons (Fsp3) is 0.700. The zero-order valence-electron chi connectivity index (χ0n) is 15.2. The van der Waals surface area contributed by atoms with E-state index in [0.29, 0.717) is 5.92 Å². The maximum atomic E-state index is 12.9. The monoisotopic (exact) mass is 337 g/mol. The molecular formula is C20H34O2P+. The number of rotatable bonds is 13. The standard InChI is InChI=1S/C20H34O2P/c1-4-7-9-13-17-20(18(6-3)14-8-5-2)23(21)22-19-15-11-10-12-16-19/h10-12,15-16,18,20H,4-9,13-14,17H2,1-3H3/q+1. The van der Waals surface area contributed by atoms with Crippen molar-refractivity contribution in [2.45, 2.75) is 84.2 Å². The van der Waals surface area contributed by atoms with Gasteiger partial charge in [-0.25, -0.2) is 0 Å². The van der Waals surface area contributed by atoms with Gasteiger partial charge in [0.15, 0.2) is 11.4 Å². The molecule has 0 saturated heterocycles. The van der Waals surface area contributed by atoms with E-state index in [1.54, 1.807) is 0 Å². The molecule has 0 aromatic heterocycles. The van der Waals surface area contributed by atoms with E-state index in [1.165, 1.54) is 44.9 Å². The van der Waals surface area contributed by atoms with E-state index in [2.05, 4.69) is 20.8 Å². The summed E-state index contributed by atoms with van der Waals surface area (Å²) in [7, 11) is -1.65. The fourth-order valence-corrected chi connectivity index (χ4v) is 4.64. The Morgan fingerprint density at radius 3 is 2.22 bits per heavy atom. The second-order valence-electron chi connectivity index (χ2n) is 6.42. The molecule has 0 bridgehead atoms. The Kier molecular flexibility index (Phi) is 11.0. The highest BCUT2D eigenvalue weighted by atomic mass is 31.1. The van der Waals surface area contributed by atoms with Gasteiger partial charge in [-0.3, -0.25) is 4.52 Å². The summed E-state index contributed by atoms with van der Waals surface area (Å²) in [5.41, 5.74) is 0.193. The van der Waals surface area contributed by atoms with Crippen LogP contribution in [0, 0.1) is 5.92 Å². The molecule has 1 aromatic rings. The fourth-order valence-electron chi connectivity index (χ4n) is 3.08. The molecule has 0 heterocycles. The maximum Gasteiger partial charge on any atom is 0.559 e. The van der Waals surface area contributed by atoms with E-state index in [9.17, 15) is 4.57 Å². The van der Waals surface area contributed by atoms with Gasteiger partial charge in [0.1, 0.15) is 0 Å². The predicted octanol–water partition coefficient (Wildman–Crippen LogP) is 7.36. The van der Waals surface area contributed by atoms with Gasteiger partial charge in [-0.2, -0.15) is 0 Å². The summed E-state index contributed by atoms with van der Waals surface area (Å²) in [6.45, 7) is 6.68. The molecule has 2 nitrogen and oxygen atoms in total. The molecule has 0 amide bonds. The van der Waals surface area contributed by atoms with Crippen LogP contribution in [0.2, 0.25) is 0 Å². The van der Waals surface area contributed by atoms with E-state index in [-0.39, 0.29) is 5.66 Å². The first-order valence-electron chi connectivity index (χ1n) is 9.42. The van der Waals surface area contributed by atoms with Gasteiger partial charge < -0.3 is 0 Å². The molecule has 0 radical (unpaired) electrons. The highest BCUT2D eigenvalue weighted by Gasteiger charge is 2.39. The van der Waals surface area contributed by atoms with Crippen LogP contribution in [-0.4, -0.2) is 5.66 Å². The molecular weight excluding hydrogens is 303 g/mol. The summed E-state index contributed by atoms with van der Waals surface area (Å²) in [5.74, 6) is 1.25. The largest absolute Gasteiger partial charge is 0.559 e. The smallest absolute Gasteiger partial charge is 0.254 e. The summed E-state index contributed by atoms with van der Waals surface area (Å²) in [6.07, 6.45) is 10.6. The molecule has 0 saturated carbocycles. The van der Waals surface area contributed by atoms with Gasteiger partial charge in [-0.1, -0.05) is 71.1 Å². The maximum absolute atomic E-state index is 12.9. The van der Waals surface area contributed by atoms with Gasteiger partial charge in [0.2, 0.25) is 0 Å².